The summed E-state index contributed by atoms with van der Waals surface area (Å²) < 4.78 is 91.4. The van der Waals surface area contributed by atoms with Crippen LogP contribution >= 0.6 is 0 Å². The van der Waals surface area contributed by atoms with Gasteiger partial charge in [0.05, 0.1) is 17.5 Å². The molecule has 1 saturated heterocycles. The van der Waals surface area contributed by atoms with Crippen molar-refractivity contribution in [3.63, 3.8) is 0 Å². The summed E-state index contributed by atoms with van der Waals surface area (Å²) in [5.74, 6) is -5.76. The number of morpholine rings is 1. The summed E-state index contributed by atoms with van der Waals surface area (Å²) in [4.78, 5) is 1.28. The summed E-state index contributed by atoms with van der Waals surface area (Å²) in [6, 6.07) is -0.186. The van der Waals surface area contributed by atoms with Crippen LogP contribution in [0.25, 0.3) is 0 Å². The van der Waals surface area contributed by atoms with E-state index in [2.05, 4.69) is 10.0 Å². The van der Waals surface area contributed by atoms with Gasteiger partial charge in [-0.3, -0.25) is 0 Å². The van der Waals surface area contributed by atoms with Crippen LogP contribution in [0.1, 0.15) is 53.4 Å². The SMILES string of the molecule is CC(C)S(=O)(=O)N[C@H]1CC[C@H](CNc2c(F)c(F)c(N3C[C@@H](C)O[C@@H](C)C3)c(F)c2F)CC1. The Morgan fingerprint density at radius 1 is 0.939 bits per heavy atom. The monoisotopic (exact) mass is 495 g/mol. The molecule has 1 aliphatic heterocycles. The van der Waals surface area contributed by atoms with Crippen molar-refractivity contribution in [2.75, 3.05) is 29.9 Å². The van der Waals surface area contributed by atoms with Crippen molar-refractivity contribution in [1.29, 1.82) is 0 Å². The second-order valence-corrected chi connectivity index (χ2v) is 11.7. The first-order valence-electron chi connectivity index (χ1n) is 11.4. The molecule has 1 saturated carbocycles. The molecule has 2 N–H and O–H groups in total. The Balaban J connectivity index is 1.66. The zero-order chi connectivity index (χ0) is 24.5. The Labute approximate surface area is 193 Å². The maximum Gasteiger partial charge on any atom is 0.214 e. The predicted octanol–water partition coefficient (Wildman–Crippen LogP) is 4.16. The fourth-order valence-electron chi connectivity index (χ4n) is 4.51. The summed E-state index contributed by atoms with van der Waals surface area (Å²) >= 11 is 0. The molecule has 0 bridgehead atoms. The molecule has 2 aliphatic rings. The zero-order valence-electron chi connectivity index (χ0n) is 19.4. The zero-order valence-corrected chi connectivity index (χ0v) is 20.2. The summed E-state index contributed by atoms with van der Waals surface area (Å²) in [6.45, 7) is 7.02. The molecule has 0 radical (unpaired) electrons. The van der Waals surface area contributed by atoms with Crippen LogP contribution in [0.4, 0.5) is 28.9 Å². The van der Waals surface area contributed by atoms with Gasteiger partial charge in [-0.1, -0.05) is 0 Å². The van der Waals surface area contributed by atoms with Gasteiger partial charge in [-0.05, 0) is 59.3 Å². The van der Waals surface area contributed by atoms with Crippen LogP contribution in [0.3, 0.4) is 0 Å². The Hall–Kier alpha value is -1.59. The molecule has 0 aromatic heterocycles. The first kappa shape index (κ1) is 26.0. The molecule has 0 unspecified atom stereocenters. The van der Waals surface area contributed by atoms with Crippen molar-refractivity contribution < 1.29 is 30.7 Å². The number of halogens is 4. The van der Waals surface area contributed by atoms with Gasteiger partial charge >= 0.3 is 0 Å². The van der Waals surface area contributed by atoms with E-state index in [0.29, 0.717) is 25.7 Å². The maximum atomic E-state index is 14.8. The van der Waals surface area contributed by atoms with E-state index >= 15 is 0 Å². The van der Waals surface area contributed by atoms with Gasteiger partial charge in [-0.25, -0.2) is 30.7 Å². The van der Waals surface area contributed by atoms with Gasteiger partial charge < -0.3 is 15.0 Å². The molecule has 188 valence electrons. The minimum absolute atomic E-state index is 0.00431. The van der Waals surface area contributed by atoms with Crippen molar-refractivity contribution in [1.82, 2.24) is 4.72 Å². The standard InChI is InChI=1S/C22H33F4N3O3S/c1-12(2)33(30,31)28-16-7-5-15(6-8-16)9-27-21-17(23)19(25)22(20(26)18(21)24)29-10-13(3)32-14(4)11-29/h12-16,27-28H,5-11H2,1-4H3/t13-,14+,15-,16-. The molecule has 1 aromatic carbocycles. The van der Waals surface area contributed by atoms with Crippen molar-refractivity contribution in [3.05, 3.63) is 23.3 Å². The highest BCUT2D eigenvalue weighted by Gasteiger charge is 2.33. The van der Waals surface area contributed by atoms with E-state index in [1.54, 1.807) is 27.7 Å². The third kappa shape index (κ3) is 5.92. The predicted molar refractivity (Wildman–Crippen MR) is 120 cm³/mol. The maximum absolute atomic E-state index is 14.8. The lowest BCUT2D eigenvalue weighted by molar-refractivity contribution is -0.00566. The molecular formula is C22H33F4N3O3S. The first-order valence-corrected chi connectivity index (χ1v) is 13.0. The fraction of sp³-hybridized carbons (Fsp3) is 0.727. The number of rotatable bonds is 7. The van der Waals surface area contributed by atoms with E-state index in [0.717, 1.165) is 0 Å². The van der Waals surface area contributed by atoms with Crippen LogP contribution in [0.5, 0.6) is 0 Å². The third-order valence-corrected chi connectivity index (χ3v) is 8.24. The lowest BCUT2D eigenvalue weighted by Crippen LogP contribution is -2.46. The third-order valence-electron chi connectivity index (χ3n) is 6.34. The van der Waals surface area contributed by atoms with Gasteiger partial charge in [0, 0.05) is 25.7 Å². The molecule has 11 heteroatoms. The normalized spacial score (nSPS) is 26.6. The number of benzene rings is 1. The van der Waals surface area contributed by atoms with E-state index < -0.39 is 49.9 Å². The van der Waals surface area contributed by atoms with E-state index in [4.69, 9.17) is 4.74 Å². The molecule has 33 heavy (non-hydrogen) atoms. The lowest BCUT2D eigenvalue weighted by Gasteiger charge is -2.37. The van der Waals surface area contributed by atoms with Crippen LogP contribution in [0.15, 0.2) is 0 Å². The van der Waals surface area contributed by atoms with Gasteiger partial charge in [-0.2, -0.15) is 0 Å². The lowest BCUT2D eigenvalue weighted by atomic mass is 9.86. The van der Waals surface area contributed by atoms with Gasteiger partial charge in [0.25, 0.3) is 0 Å². The Morgan fingerprint density at radius 3 is 1.94 bits per heavy atom. The molecule has 3 rings (SSSR count). The van der Waals surface area contributed by atoms with E-state index in [1.807, 2.05) is 0 Å². The first-order chi connectivity index (χ1) is 15.4. The number of sulfonamides is 1. The van der Waals surface area contributed by atoms with Crippen LogP contribution in [0.2, 0.25) is 0 Å². The molecule has 1 aromatic rings. The van der Waals surface area contributed by atoms with Gasteiger partial charge in [0.15, 0.2) is 23.3 Å². The highest BCUT2D eigenvalue weighted by atomic mass is 32.2. The minimum Gasteiger partial charge on any atom is -0.380 e. The highest BCUT2D eigenvalue weighted by molar-refractivity contribution is 7.90. The molecule has 1 heterocycles. The molecule has 2 fully saturated rings. The quantitative estimate of drug-likeness (QED) is 0.439. The highest BCUT2D eigenvalue weighted by Crippen LogP contribution is 2.36. The second-order valence-electron chi connectivity index (χ2n) is 9.45. The summed E-state index contributed by atoms with van der Waals surface area (Å²) in [6.07, 6.45) is 1.73. The number of hydrogen-bond donors (Lipinski definition) is 2. The molecular weight excluding hydrogens is 462 g/mol. The molecule has 1 aliphatic carbocycles. The van der Waals surface area contributed by atoms with Gasteiger partial charge in [0.2, 0.25) is 10.0 Å². The van der Waals surface area contributed by atoms with Gasteiger partial charge in [0.1, 0.15) is 11.4 Å². The van der Waals surface area contributed by atoms with Crippen LogP contribution < -0.4 is 14.9 Å². The van der Waals surface area contributed by atoms with Crippen molar-refractivity contribution in [3.8, 4) is 0 Å². The number of nitrogens with zero attached hydrogens (tertiary/aromatic N) is 1. The summed E-state index contributed by atoms with van der Waals surface area (Å²) in [5, 5.41) is 2.02. The number of ether oxygens (including phenoxy) is 1. The van der Waals surface area contributed by atoms with Crippen LogP contribution in [-0.2, 0) is 14.8 Å². The molecule has 0 spiro atoms. The van der Waals surface area contributed by atoms with Crippen molar-refractivity contribution in [2.45, 2.75) is 76.9 Å². The molecule has 0 amide bonds. The topological polar surface area (TPSA) is 70.7 Å². The average molecular weight is 496 g/mol. The number of nitrogens with one attached hydrogen (secondary N) is 2. The van der Waals surface area contributed by atoms with Crippen molar-refractivity contribution in [2.24, 2.45) is 5.92 Å². The smallest absolute Gasteiger partial charge is 0.214 e. The van der Waals surface area contributed by atoms with Gasteiger partial charge in [-0.15, -0.1) is 0 Å². The number of anilines is 2. The largest absolute Gasteiger partial charge is 0.380 e. The Kier molecular flexibility index (Phi) is 8.16. The average Bonchev–Trinajstić information content (AvgIpc) is 2.72. The molecule has 2 atom stereocenters. The van der Waals surface area contributed by atoms with Crippen LogP contribution in [-0.4, -0.2) is 51.6 Å². The fourth-order valence-corrected chi connectivity index (χ4v) is 5.49. The summed E-state index contributed by atoms with van der Waals surface area (Å²) in [7, 11) is -3.37. The Bertz CT molecular complexity index is 914. The van der Waals surface area contributed by atoms with Crippen LogP contribution in [0, 0.1) is 29.2 Å². The minimum atomic E-state index is -3.37. The van der Waals surface area contributed by atoms with E-state index in [-0.39, 0.29) is 43.8 Å². The van der Waals surface area contributed by atoms with Crippen molar-refractivity contribution >= 4 is 21.4 Å². The Morgan fingerprint density at radius 2 is 1.45 bits per heavy atom. The molecule has 6 nitrogen and oxygen atoms in total. The second kappa shape index (κ2) is 10.4. The van der Waals surface area contributed by atoms with E-state index in [9.17, 15) is 26.0 Å². The summed E-state index contributed by atoms with van der Waals surface area (Å²) in [5.41, 5.74) is -1.53. The number of hydrogen-bond acceptors (Lipinski definition) is 5. The van der Waals surface area contributed by atoms with E-state index in [1.165, 1.54) is 4.90 Å².